The minimum atomic E-state index is -1.89. The van der Waals surface area contributed by atoms with E-state index in [2.05, 4.69) is 15.3 Å². The lowest BCUT2D eigenvalue weighted by Crippen LogP contribution is -2.48. The summed E-state index contributed by atoms with van der Waals surface area (Å²) in [6.07, 6.45) is -1.22. The van der Waals surface area contributed by atoms with Crippen LogP contribution in [-0.2, 0) is 0 Å². The Morgan fingerprint density at radius 2 is 1.80 bits per heavy atom. The van der Waals surface area contributed by atoms with Crippen molar-refractivity contribution in [3.8, 4) is 5.88 Å². The Morgan fingerprint density at radius 3 is 2.36 bits per heavy atom. The van der Waals surface area contributed by atoms with E-state index in [1.165, 1.54) is 0 Å². The van der Waals surface area contributed by atoms with E-state index in [1.54, 1.807) is 36.4 Å². The second-order valence-corrected chi connectivity index (χ2v) is 8.11. The topological polar surface area (TPSA) is 64.1 Å². The molecule has 1 amide bonds. The fourth-order valence-corrected chi connectivity index (χ4v) is 2.27. The number of nitrogens with zero attached hydrogens (tertiary/aromatic N) is 2. The molecule has 2 aromatic rings. The van der Waals surface area contributed by atoms with Crippen molar-refractivity contribution in [2.24, 2.45) is 0 Å². The summed E-state index contributed by atoms with van der Waals surface area (Å²) in [5, 5.41) is 2.57. The first-order chi connectivity index (χ1) is 11.7. The highest BCUT2D eigenvalue weighted by Gasteiger charge is 2.37. The Morgan fingerprint density at radius 1 is 1.16 bits per heavy atom. The zero-order valence-corrected chi connectivity index (χ0v) is 16.2. The van der Waals surface area contributed by atoms with Crippen molar-refractivity contribution in [1.82, 2.24) is 15.3 Å². The maximum absolute atomic E-state index is 12.3. The SMILES string of the molecule is Cc1cc(O[C@@H](NC(=O)c2ccccc2)C(Cl)(Cl)Cl)nc(C(C)C)n1. The maximum Gasteiger partial charge on any atom is 0.254 e. The summed E-state index contributed by atoms with van der Waals surface area (Å²) in [6.45, 7) is 5.73. The molecule has 0 aliphatic heterocycles. The van der Waals surface area contributed by atoms with Crippen molar-refractivity contribution in [2.75, 3.05) is 0 Å². The molecule has 0 saturated carbocycles. The second-order valence-electron chi connectivity index (χ2n) is 5.74. The predicted molar refractivity (Wildman–Crippen MR) is 99.5 cm³/mol. The first-order valence-electron chi connectivity index (χ1n) is 7.61. The van der Waals surface area contributed by atoms with Crippen molar-refractivity contribution >= 4 is 40.7 Å². The Balaban J connectivity index is 2.23. The second kappa shape index (κ2) is 8.21. The summed E-state index contributed by atoms with van der Waals surface area (Å²) in [6, 6.07) is 10.2. The number of alkyl halides is 3. The Bertz CT molecular complexity index is 734. The Kier molecular flexibility index (Phi) is 6.49. The standard InChI is InChI=1S/C17H18Cl3N3O2/c1-10(2)14-21-11(3)9-13(22-14)25-16(17(18,19)20)23-15(24)12-7-5-4-6-8-12/h4-10,16H,1-3H3,(H,23,24)/t16-/m1/s1. The van der Waals surface area contributed by atoms with Crippen LogP contribution >= 0.6 is 34.8 Å². The fourth-order valence-electron chi connectivity index (χ4n) is 1.97. The van der Waals surface area contributed by atoms with Gasteiger partial charge in [0.05, 0.1) is 0 Å². The zero-order chi connectivity index (χ0) is 18.6. The monoisotopic (exact) mass is 401 g/mol. The van der Waals surface area contributed by atoms with Crippen molar-refractivity contribution in [3.63, 3.8) is 0 Å². The number of ether oxygens (including phenoxy) is 1. The van der Waals surface area contributed by atoms with Gasteiger partial charge in [-0.15, -0.1) is 0 Å². The van der Waals surface area contributed by atoms with Gasteiger partial charge in [0.15, 0.2) is 0 Å². The number of carbonyl (C=O) groups is 1. The molecule has 8 heteroatoms. The summed E-state index contributed by atoms with van der Waals surface area (Å²) in [7, 11) is 0. The van der Waals surface area contributed by atoms with Gasteiger partial charge in [0.1, 0.15) is 5.82 Å². The van der Waals surface area contributed by atoms with Crippen molar-refractivity contribution in [2.45, 2.75) is 36.7 Å². The van der Waals surface area contributed by atoms with Gasteiger partial charge in [0.25, 0.3) is 5.91 Å². The van der Waals surface area contributed by atoms with E-state index in [0.717, 1.165) is 0 Å². The molecule has 0 radical (unpaired) electrons. The van der Waals surface area contributed by atoms with Gasteiger partial charge in [-0.05, 0) is 19.1 Å². The molecule has 1 heterocycles. The molecule has 0 aliphatic carbocycles. The average Bonchev–Trinajstić information content (AvgIpc) is 2.53. The van der Waals surface area contributed by atoms with Crippen molar-refractivity contribution in [3.05, 3.63) is 53.5 Å². The molecule has 25 heavy (non-hydrogen) atoms. The van der Waals surface area contributed by atoms with Gasteiger partial charge in [-0.3, -0.25) is 4.79 Å². The molecule has 0 fully saturated rings. The van der Waals surface area contributed by atoms with Gasteiger partial charge in [-0.2, -0.15) is 4.98 Å². The summed E-state index contributed by atoms with van der Waals surface area (Å²) in [5.41, 5.74) is 1.14. The highest BCUT2D eigenvalue weighted by atomic mass is 35.6. The number of hydrogen-bond donors (Lipinski definition) is 1. The number of aromatic nitrogens is 2. The smallest absolute Gasteiger partial charge is 0.254 e. The minimum Gasteiger partial charge on any atom is -0.449 e. The van der Waals surface area contributed by atoms with Crippen LogP contribution < -0.4 is 10.1 Å². The molecular weight excluding hydrogens is 385 g/mol. The summed E-state index contributed by atoms with van der Waals surface area (Å²) < 4.78 is 3.78. The van der Waals surface area contributed by atoms with Gasteiger partial charge in [-0.1, -0.05) is 66.8 Å². The summed E-state index contributed by atoms with van der Waals surface area (Å²) in [5.74, 6) is 0.507. The van der Waals surface area contributed by atoms with Crippen LogP contribution in [0.1, 0.15) is 41.6 Å². The molecule has 2 rings (SSSR count). The normalized spacial score (nSPS) is 12.8. The molecular formula is C17H18Cl3N3O2. The van der Waals surface area contributed by atoms with E-state index in [4.69, 9.17) is 39.5 Å². The molecule has 1 aromatic carbocycles. The van der Waals surface area contributed by atoms with Crippen LogP contribution in [0.15, 0.2) is 36.4 Å². The van der Waals surface area contributed by atoms with Gasteiger partial charge < -0.3 is 10.1 Å². The third-order valence-corrected chi connectivity index (χ3v) is 3.79. The Labute approximate surface area is 161 Å². The third-order valence-electron chi connectivity index (χ3n) is 3.20. The molecule has 0 bridgehead atoms. The predicted octanol–water partition coefficient (Wildman–Crippen LogP) is 4.41. The Hall–Kier alpha value is -1.56. The van der Waals surface area contributed by atoms with E-state index >= 15 is 0 Å². The van der Waals surface area contributed by atoms with E-state index < -0.39 is 15.9 Å². The summed E-state index contributed by atoms with van der Waals surface area (Å²) >= 11 is 17.9. The van der Waals surface area contributed by atoms with E-state index in [1.807, 2.05) is 20.8 Å². The van der Waals surface area contributed by atoms with Gasteiger partial charge >= 0.3 is 0 Å². The average molecular weight is 403 g/mol. The largest absolute Gasteiger partial charge is 0.449 e. The lowest BCUT2D eigenvalue weighted by atomic mass is 10.2. The van der Waals surface area contributed by atoms with Gasteiger partial charge in [0.2, 0.25) is 15.9 Å². The minimum absolute atomic E-state index is 0.104. The van der Waals surface area contributed by atoms with E-state index in [-0.39, 0.29) is 11.8 Å². The molecule has 5 nitrogen and oxygen atoms in total. The molecule has 1 aromatic heterocycles. The molecule has 1 atom stereocenters. The van der Waals surface area contributed by atoms with Crippen molar-refractivity contribution < 1.29 is 9.53 Å². The molecule has 0 spiro atoms. The number of hydrogen-bond acceptors (Lipinski definition) is 4. The highest BCUT2D eigenvalue weighted by molar-refractivity contribution is 6.68. The van der Waals surface area contributed by atoms with Crippen LogP contribution in [0.3, 0.4) is 0 Å². The molecule has 134 valence electrons. The van der Waals surface area contributed by atoms with Crippen LogP contribution in [0.5, 0.6) is 5.88 Å². The molecule has 0 aliphatic rings. The van der Waals surface area contributed by atoms with Crippen LogP contribution in [-0.4, -0.2) is 25.9 Å². The van der Waals surface area contributed by atoms with Crippen LogP contribution in [0.4, 0.5) is 0 Å². The number of halogens is 3. The first-order valence-corrected chi connectivity index (χ1v) is 8.75. The quantitative estimate of drug-likeness (QED) is 0.594. The van der Waals surface area contributed by atoms with Crippen LogP contribution in [0.2, 0.25) is 0 Å². The number of benzene rings is 1. The lowest BCUT2D eigenvalue weighted by Gasteiger charge is -2.26. The number of carbonyl (C=O) groups excluding carboxylic acids is 1. The number of nitrogens with one attached hydrogen (secondary N) is 1. The maximum atomic E-state index is 12.3. The zero-order valence-electron chi connectivity index (χ0n) is 14.0. The van der Waals surface area contributed by atoms with Crippen LogP contribution in [0.25, 0.3) is 0 Å². The molecule has 0 unspecified atom stereocenters. The summed E-state index contributed by atoms with van der Waals surface area (Å²) in [4.78, 5) is 21.0. The molecule has 1 N–H and O–H groups in total. The number of amides is 1. The highest BCUT2D eigenvalue weighted by Crippen LogP contribution is 2.32. The van der Waals surface area contributed by atoms with E-state index in [9.17, 15) is 4.79 Å². The third kappa shape index (κ3) is 5.73. The fraction of sp³-hybridized carbons (Fsp3) is 0.353. The number of rotatable bonds is 5. The van der Waals surface area contributed by atoms with E-state index in [0.29, 0.717) is 17.1 Å². The number of aryl methyl sites for hydroxylation is 1. The van der Waals surface area contributed by atoms with Gasteiger partial charge in [-0.25, -0.2) is 4.98 Å². The lowest BCUT2D eigenvalue weighted by molar-refractivity contribution is 0.0825. The van der Waals surface area contributed by atoms with Gasteiger partial charge in [0, 0.05) is 23.2 Å². The van der Waals surface area contributed by atoms with Crippen LogP contribution in [0, 0.1) is 6.92 Å². The first kappa shape index (κ1) is 19.8. The molecule has 0 saturated heterocycles. The van der Waals surface area contributed by atoms with Crippen molar-refractivity contribution in [1.29, 1.82) is 0 Å².